The molecule has 2 radical (unpaired) electrons. The van der Waals surface area contributed by atoms with Gasteiger partial charge in [0.05, 0.1) is 0 Å². The zero-order valence-corrected chi connectivity index (χ0v) is 16.8. The Kier molecular flexibility index (Phi) is 13.0. The molecule has 0 aliphatic carbocycles. The predicted octanol–water partition coefficient (Wildman–Crippen LogP) is 6.26. The molecule has 0 aromatic heterocycles. The average Bonchev–Trinajstić information content (AvgIpc) is 2.09. The molecule has 0 aromatic carbocycles. The van der Waals surface area contributed by atoms with Crippen molar-refractivity contribution in [3.63, 3.8) is 0 Å². The van der Waals surface area contributed by atoms with Gasteiger partial charge in [0, 0.05) is 0 Å². The quantitative estimate of drug-likeness (QED) is 0.329. The number of hydrogen-bond acceptors (Lipinski definition) is 0. The van der Waals surface area contributed by atoms with E-state index in [2.05, 4.69) is 61.3 Å². The van der Waals surface area contributed by atoms with Crippen LogP contribution in [0.25, 0.3) is 0 Å². The topological polar surface area (TPSA) is 0 Å². The zero-order valence-electron chi connectivity index (χ0n) is 12.1. The number of hydrogen-bond donors (Lipinski definition) is 0. The second-order valence-corrected chi connectivity index (χ2v) is 13.2. The van der Waals surface area contributed by atoms with Gasteiger partial charge in [-0.25, -0.2) is 0 Å². The van der Waals surface area contributed by atoms with Crippen molar-refractivity contribution in [3.8, 4) is 0 Å². The van der Waals surface area contributed by atoms with Gasteiger partial charge in [0.15, 0.2) is 0 Å². The Morgan fingerprint density at radius 1 is 1.00 bits per heavy atom. The van der Waals surface area contributed by atoms with Gasteiger partial charge in [-0.1, -0.05) is 56.4 Å². The van der Waals surface area contributed by atoms with Gasteiger partial charge in [0.2, 0.25) is 0 Å². The molecule has 0 amide bonds. The Labute approximate surface area is 127 Å². The Balaban J connectivity index is 0. The molecule has 0 heterocycles. The van der Waals surface area contributed by atoms with Crippen molar-refractivity contribution in [1.29, 1.82) is 0 Å². The van der Waals surface area contributed by atoms with E-state index < -0.39 is 16.5 Å². The summed E-state index contributed by atoms with van der Waals surface area (Å²) in [6.07, 6.45) is 7.08. The van der Waals surface area contributed by atoms with Gasteiger partial charge >= 0.3 is 35.3 Å². The van der Waals surface area contributed by atoms with E-state index in [0.717, 1.165) is 0 Å². The van der Waals surface area contributed by atoms with E-state index in [1.807, 2.05) is 0 Å². The van der Waals surface area contributed by atoms with E-state index in [4.69, 9.17) is 18.8 Å². The molecule has 0 nitrogen and oxygen atoms in total. The molecule has 0 atom stereocenters. The molecule has 0 saturated heterocycles. The summed E-state index contributed by atoms with van der Waals surface area (Å²) in [6, 6.07) is 0. The van der Waals surface area contributed by atoms with Crippen LogP contribution in [0.1, 0.15) is 54.9 Å². The zero-order chi connectivity index (χ0) is 14.1. The van der Waals surface area contributed by atoms with E-state index >= 15 is 0 Å². The van der Waals surface area contributed by atoms with Gasteiger partial charge in [-0.05, 0) is 35.7 Å². The Morgan fingerprint density at radius 3 is 1.59 bits per heavy atom. The van der Waals surface area contributed by atoms with Crippen molar-refractivity contribution in [1.82, 2.24) is 0 Å². The number of rotatable bonds is 4. The van der Waals surface area contributed by atoms with Crippen LogP contribution in [0.3, 0.4) is 0 Å². The van der Waals surface area contributed by atoms with Crippen LogP contribution in [0, 0.1) is 12.8 Å². The fourth-order valence-electron chi connectivity index (χ4n) is 2.05. The van der Waals surface area contributed by atoms with Crippen LogP contribution in [0.15, 0.2) is 0 Å². The number of unbranched alkanes of at least 4 members (excludes halogenated alkanes) is 2. The summed E-state index contributed by atoms with van der Waals surface area (Å²) in [4.78, 5) is 0. The van der Waals surface area contributed by atoms with E-state index in [-0.39, 0.29) is 7.92 Å². The summed E-state index contributed by atoms with van der Waals surface area (Å²) in [6.45, 7) is 16.4. The Hall–Kier alpha value is 1.70. The van der Waals surface area contributed by atoms with Crippen molar-refractivity contribution in [2.24, 2.45) is 0 Å². The third kappa shape index (κ3) is 12.5. The molecule has 0 unspecified atom stereocenters. The SMILES string of the molecule is C[CH][CH]CCP(C(C)(C)C)C(C)(C)C.[Cl][Pt][Cl]. The van der Waals surface area contributed by atoms with Gasteiger partial charge in [-0.2, -0.15) is 0 Å². The molecule has 0 spiro atoms. The van der Waals surface area contributed by atoms with Crippen molar-refractivity contribution in [3.05, 3.63) is 12.8 Å². The monoisotopic (exact) mass is 479 g/mol. The van der Waals surface area contributed by atoms with Crippen LogP contribution in [0.5, 0.6) is 0 Å². The first-order valence-electron chi connectivity index (χ1n) is 5.82. The molecule has 0 N–H and O–H groups in total. The minimum atomic E-state index is -0.472. The van der Waals surface area contributed by atoms with Crippen LogP contribution in [-0.2, 0) is 16.5 Å². The molecule has 0 bridgehead atoms. The van der Waals surface area contributed by atoms with Gasteiger partial charge in [0.25, 0.3) is 0 Å². The van der Waals surface area contributed by atoms with Crippen molar-refractivity contribution < 1.29 is 16.5 Å². The second kappa shape index (κ2) is 10.5. The molecule has 0 aromatic rings. The molecule has 17 heavy (non-hydrogen) atoms. The molecular formula is C13H27Cl2PPt. The first-order chi connectivity index (χ1) is 7.61. The van der Waals surface area contributed by atoms with Crippen LogP contribution in [0.4, 0.5) is 0 Å². The first-order valence-corrected chi connectivity index (χ1v) is 13.0. The summed E-state index contributed by atoms with van der Waals surface area (Å²) >= 11 is -0.472. The third-order valence-corrected chi connectivity index (χ3v) is 6.32. The molecule has 0 saturated carbocycles. The number of halogens is 2. The van der Waals surface area contributed by atoms with E-state index in [1.54, 1.807) is 0 Å². The average molecular weight is 480 g/mol. The van der Waals surface area contributed by atoms with Gasteiger partial charge in [-0.15, -0.1) is 0 Å². The van der Waals surface area contributed by atoms with Crippen LogP contribution < -0.4 is 0 Å². The maximum atomic E-state index is 4.88. The Bertz CT molecular complexity index is 159. The van der Waals surface area contributed by atoms with Crippen LogP contribution >= 0.6 is 26.8 Å². The summed E-state index contributed by atoms with van der Waals surface area (Å²) < 4.78 is 0. The molecule has 0 aliphatic rings. The summed E-state index contributed by atoms with van der Waals surface area (Å²) in [5.74, 6) is 0. The van der Waals surface area contributed by atoms with Crippen molar-refractivity contribution >= 4 is 26.8 Å². The van der Waals surface area contributed by atoms with Crippen LogP contribution in [0.2, 0.25) is 0 Å². The second-order valence-electron chi connectivity index (χ2n) is 5.90. The molecule has 4 heteroatoms. The fourth-order valence-corrected chi connectivity index (χ4v) is 5.81. The summed E-state index contributed by atoms with van der Waals surface area (Å²) in [5.41, 5.74) is 0. The van der Waals surface area contributed by atoms with Crippen LogP contribution in [-0.4, -0.2) is 16.5 Å². The molecule has 0 aliphatic heterocycles. The molecule has 0 rings (SSSR count). The maximum absolute atomic E-state index is 4.88. The first kappa shape index (κ1) is 21.0. The van der Waals surface area contributed by atoms with E-state index in [0.29, 0.717) is 10.3 Å². The van der Waals surface area contributed by atoms with Gasteiger partial charge in [-0.3, -0.25) is 0 Å². The molecular weight excluding hydrogens is 453 g/mol. The molecule has 108 valence electrons. The fraction of sp³-hybridized carbons (Fsp3) is 0.846. The standard InChI is InChI=1S/C13H27P.2ClH.Pt/c1-8-9-10-11-14(12(2,3)4)13(5,6)7;;;/h8-9H,10-11H2,1-7H3;2*1H;/q;;;+2/p-2. The third-order valence-electron chi connectivity index (χ3n) is 2.37. The summed E-state index contributed by atoms with van der Waals surface area (Å²) in [7, 11) is 9.84. The predicted molar refractivity (Wildman–Crippen MR) is 81.9 cm³/mol. The van der Waals surface area contributed by atoms with Crippen molar-refractivity contribution in [2.45, 2.75) is 65.2 Å². The van der Waals surface area contributed by atoms with E-state index in [1.165, 1.54) is 12.6 Å². The van der Waals surface area contributed by atoms with Crippen molar-refractivity contribution in [2.75, 3.05) is 6.16 Å². The van der Waals surface area contributed by atoms with E-state index in [9.17, 15) is 0 Å². The molecule has 0 fully saturated rings. The summed E-state index contributed by atoms with van der Waals surface area (Å²) in [5, 5.41) is 0.963. The minimum absolute atomic E-state index is 0.0944. The van der Waals surface area contributed by atoms with Gasteiger partial charge < -0.3 is 0 Å². The normalized spacial score (nSPS) is 12.6. The Morgan fingerprint density at radius 2 is 1.35 bits per heavy atom. The van der Waals surface area contributed by atoms with Gasteiger partial charge in [0.1, 0.15) is 0 Å².